The number of hydrogen-bond donors (Lipinski definition) is 1. The minimum atomic E-state index is -4.47. The first kappa shape index (κ1) is 30.4. The molecule has 2 aliphatic rings. The van der Waals surface area contributed by atoms with Crippen molar-refractivity contribution < 1.29 is 27.1 Å². The Morgan fingerprint density at radius 1 is 1.05 bits per heavy atom. The zero-order valence-electron chi connectivity index (χ0n) is 24.2. The molecule has 2 aliphatic heterocycles. The number of amides is 1. The van der Waals surface area contributed by atoms with Crippen LogP contribution in [0.15, 0.2) is 76.4 Å². The van der Waals surface area contributed by atoms with Gasteiger partial charge in [-0.15, -0.1) is 0 Å². The summed E-state index contributed by atoms with van der Waals surface area (Å²) in [6.07, 6.45) is 4.35. The Hall–Kier alpha value is -3.61. The van der Waals surface area contributed by atoms with Crippen LogP contribution in [0.5, 0.6) is 11.5 Å². The fourth-order valence-corrected chi connectivity index (χ4v) is 8.10. The Morgan fingerprint density at radius 2 is 1.80 bits per heavy atom. The highest BCUT2D eigenvalue weighted by molar-refractivity contribution is 7.93. The van der Waals surface area contributed by atoms with Gasteiger partial charge in [-0.25, -0.2) is 17.7 Å². The molecule has 44 heavy (non-hydrogen) atoms. The lowest BCUT2D eigenvalue weighted by Gasteiger charge is -2.41. The number of ether oxygens (including phenoxy) is 2. The molecule has 1 amide bonds. The summed E-state index contributed by atoms with van der Waals surface area (Å²) in [5.41, 5.74) is 0.0591. The number of methoxy groups -OCH3 is 2. The number of sulfonamides is 1. The summed E-state index contributed by atoms with van der Waals surface area (Å²) in [5.74, 6) is 0.563. The minimum Gasteiger partial charge on any atom is -0.497 e. The summed E-state index contributed by atoms with van der Waals surface area (Å²) in [6, 6.07) is 14.0. The van der Waals surface area contributed by atoms with E-state index < -0.39 is 27.5 Å². The molecule has 0 bridgehead atoms. The highest BCUT2D eigenvalue weighted by Gasteiger charge is 2.63. The molecule has 1 unspecified atom stereocenters. The van der Waals surface area contributed by atoms with Crippen molar-refractivity contribution in [3.63, 3.8) is 0 Å². The van der Waals surface area contributed by atoms with Gasteiger partial charge in [-0.05, 0) is 74.0 Å². The predicted molar refractivity (Wildman–Crippen MR) is 166 cm³/mol. The van der Waals surface area contributed by atoms with Gasteiger partial charge >= 0.3 is 0 Å². The summed E-state index contributed by atoms with van der Waals surface area (Å²) in [6.45, 7) is 0.917. The average molecular weight is 658 g/mol. The zero-order valence-corrected chi connectivity index (χ0v) is 26.5. The van der Waals surface area contributed by atoms with E-state index in [4.69, 9.17) is 37.1 Å². The summed E-state index contributed by atoms with van der Waals surface area (Å²) in [5, 5.41) is 3.42. The van der Waals surface area contributed by atoms with Gasteiger partial charge in [0.25, 0.3) is 15.9 Å². The second-order valence-electron chi connectivity index (χ2n) is 10.5. The van der Waals surface area contributed by atoms with E-state index in [0.717, 1.165) is 9.87 Å². The number of carbonyl (C=O) groups excluding carboxylic acids is 1. The van der Waals surface area contributed by atoms with Gasteiger partial charge in [0.15, 0.2) is 5.54 Å². The Balaban J connectivity index is 1.69. The number of aromatic nitrogens is 1. The molecule has 3 heterocycles. The first-order valence-corrected chi connectivity index (χ1v) is 16.1. The lowest BCUT2D eigenvalue weighted by Crippen LogP contribution is -2.54. The third-order valence-electron chi connectivity index (χ3n) is 8.19. The molecule has 6 rings (SSSR count). The van der Waals surface area contributed by atoms with E-state index in [1.807, 2.05) is 24.1 Å². The molecule has 2 atom stereocenters. The van der Waals surface area contributed by atoms with Crippen molar-refractivity contribution in [1.82, 2.24) is 15.2 Å². The standard InChI is InChI=1S/C31H30Cl2N4O6S/c1-34-18-19-6-11-28(42-3)23(15-19)31(36-13-4-5-26(36)29-35-12-14-43-29)22-16-24(32)25(33)17-27(22)37(30(31)38)44(39,40)21-9-7-20(41-2)8-10-21/h6-12,14-17,26,34H,4-5,13,18H2,1-3H3/t26-,31?/m0/s1. The molecule has 0 radical (unpaired) electrons. The van der Waals surface area contributed by atoms with Crippen LogP contribution in [0.4, 0.5) is 5.69 Å². The highest BCUT2D eigenvalue weighted by Crippen LogP contribution is 2.57. The van der Waals surface area contributed by atoms with Crippen molar-refractivity contribution in [2.45, 2.75) is 35.9 Å². The van der Waals surface area contributed by atoms with Crippen molar-refractivity contribution in [1.29, 1.82) is 0 Å². The molecule has 10 nitrogen and oxygen atoms in total. The van der Waals surface area contributed by atoms with Crippen LogP contribution in [0.3, 0.4) is 0 Å². The van der Waals surface area contributed by atoms with E-state index in [1.165, 1.54) is 50.8 Å². The van der Waals surface area contributed by atoms with Crippen molar-refractivity contribution in [2.75, 3.05) is 32.1 Å². The molecule has 1 fully saturated rings. The van der Waals surface area contributed by atoms with Crippen molar-refractivity contribution in [3.05, 3.63) is 99.7 Å². The van der Waals surface area contributed by atoms with Crippen LogP contribution in [0.2, 0.25) is 10.0 Å². The number of halogens is 2. The van der Waals surface area contributed by atoms with Crippen LogP contribution in [0, 0.1) is 0 Å². The van der Waals surface area contributed by atoms with Gasteiger partial charge in [0.05, 0.1) is 47.1 Å². The Morgan fingerprint density at radius 3 is 2.45 bits per heavy atom. The smallest absolute Gasteiger partial charge is 0.271 e. The summed E-state index contributed by atoms with van der Waals surface area (Å²) in [4.78, 5) is 21.6. The van der Waals surface area contributed by atoms with Crippen molar-refractivity contribution >= 4 is 44.8 Å². The quantitative estimate of drug-likeness (QED) is 0.248. The number of likely N-dealkylation sites (tertiary alicyclic amines) is 1. The van der Waals surface area contributed by atoms with Gasteiger partial charge in [0.1, 0.15) is 17.8 Å². The number of nitrogens with zero attached hydrogens (tertiary/aromatic N) is 3. The van der Waals surface area contributed by atoms with Crippen LogP contribution in [-0.2, 0) is 26.9 Å². The van der Waals surface area contributed by atoms with Crippen molar-refractivity contribution in [2.24, 2.45) is 0 Å². The number of anilines is 1. The predicted octanol–water partition coefficient (Wildman–Crippen LogP) is 5.53. The van der Waals surface area contributed by atoms with Gasteiger partial charge in [0, 0.05) is 24.2 Å². The number of rotatable bonds is 9. The lowest BCUT2D eigenvalue weighted by atomic mass is 9.80. The van der Waals surface area contributed by atoms with Crippen LogP contribution < -0.4 is 19.1 Å². The lowest BCUT2D eigenvalue weighted by molar-refractivity contribution is -0.127. The summed E-state index contributed by atoms with van der Waals surface area (Å²) < 4.78 is 46.6. The molecule has 1 N–H and O–H groups in total. The average Bonchev–Trinajstić information content (AvgIpc) is 3.77. The number of carbonyl (C=O) groups is 1. The number of nitrogens with one attached hydrogen (secondary N) is 1. The molecule has 3 aromatic carbocycles. The van der Waals surface area contributed by atoms with Gasteiger partial charge in [-0.2, -0.15) is 0 Å². The fourth-order valence-electron chi connectivity index (χ4n) is 6.33. The molecular weight excluding hydrogens is 627 g/mol. The second kappa shape index (κ2) is 11.7. The van der Waals surface area contributed by atoms with E-state index >= 15 is 4.79 Å². The topological polar surface area (TPSA) is 114 Å². The van der Waals surface area contributed by atoms with Crippen LogP contribution in [0.25, 0.3) is 0 Å². The van der Waals surface area contributed by atoms with Crippen molar-refractivity contribution in [3.8, 4) is 11.5 Å². The second-order valence-corrected chi connectivity index (χ2v) is 13.1. The van der Waals surface area contributed by atoms with Gasteiger partial charge in [0.2, 0.25) is 5.89 Å². The molecule has 230 valence electrons. The number of fused-ring (bicyclic) bond motifs is 1. The monoisotopic (exact) mass is 656 g/mol. The largest absolute Gasteiger partial charge is 0.497 e. The molecule has 1 saturated heterocycles. The first-order chi connectivity index (χ1) is 21.2. The zero-order chi connectivity index (χ0) is 31.2. The summed E-state index contributed by atoms with van der Waals surface area (Å²) in [7, 11) is 0.352. The Bertz CT molecular complexity index is 1820. The van der Waals surface area contributed by atoms with Crippen LogP contribution >= 0.6 is 23.2 Å². The molecular formula is C31H30Cl2N4O6S. The van der Waals surface area contributed by atoms with Crippen LogP contribution in [0.1, 0.15) is 41.5 Å². The van der Waals surface area contributed by atoms with Gasteiger partial charge in [-0.3, -0.25) is 9.69 Å². The van der Waals surface area contributed by atoms with Gasteiger partial charge < -0.3 is 19.2 Å². The van der Waals surface area contributed by atoms with Crippen LogP contribution in [-0.4, -0.2) is 52.0 Å². The maximum atomic E-state index is 15.4. The number of benzene rings is 3. The van der Waals surface area contributed by atoms with E-state index in [1.54, 1.807) is 18.3 Å². The Kier molecular flexibility index (Phi) is 8.10. The van der Waals surface area contributed by atoms with E-state index in [9.17, 15) is 8.42 Å². The first-order valence-electron chi connectivity index (χ1n) is 13.9. The molecule has 0 saturated carbocycles. The van der Waals surface area contributed by atoms with E-state index in [2.05, 4.69) is 10.3 Å². The minimum absolute atomic E-state index is 0.0963. The third-order valence-corrected chi connectivity index (χ3v) is 10.6. The third kappa shape index (κ3) is 4.65. The molecule has 4 aromatic rings. The van der Waals surface area contributed by atoms with Gasteiger partial charge in [-0.1, -0.05) is 29.3 Å². The highest BCUT2D eigenvalue weighted by atomic mass is 35.5. The summed E-state index contributed by atoms with van der Waals surface area (Å²) >= 11 is 13.2. The maximum absolute atomic E-state index is 15.4. The number of hydrogen-bond acceptors (Lipinski definition) is 9. The maximum Gasteiger partial charge on any atom is 0.271 e. The fraction of sp³-hybridized carbons (Fsp3) is 0.290. The molecule has 1 aromatic heterocycles. The Labute approximate surface area is 265 Å². The van der Waals surface area contributed by atoms with E-state index in [0.29, 0.717) is 54.4 Å². The molecule has 13 heteroatoms. The SMILES string of the molecule is CNCc1ccc(OC)c(C2(N3CCC[C@H]3c3ncco3)C(=O)N(S(=O)(=O)c3ccc(OC)cc3)c3cc(Cl)c(Cl)cc32)c1. The van der Waals surface area contributed by atoms with E-state index in [-0.39, 0.29) is 20.6 Å². The number of oxazole rings is 1. The molecule has 0 aliphatic carbocycles. The normalized spacial score (nSPS) is 20.2. The molecule has 0 spiro atoms.